The minimum Gasteiger partial charge on any atom is -0.372 e. The van der Waals surface area contributed by atoms with Crippen LogP contribution in [0.15, 0.2) is 4.99 Å². The van der Waals surface area contributed by atoms with Crippen LogP contribution in [0, 0.1) is 11.3 Å². The van der Waals surface area contributed by atoms with Crippen molar-refractivity contribution in [3.63, 3.8) is 0 Å². The average molecular weight is 184 g/mol. The van der Waals surface area contributed by atoms with Gasteiger partial charge in [-0.15, -0.1) is 0 Å². The molecule has 2 nitrogen and oxygen atoms in total. The van der Waals surface area contributed by atoms with Crippen LogP contribution >= 0.6 is 0 Å². The summed E-state index contributed by atoms with van der Waals surface area (Å²) in [6.45, 7) is 15.0. The van der Waals surface area contributed by atoms with E-state index < -0.39 is 0 Å². The van der Waals surface area contributed by atoms with Crippen molar-refractivity contribution in [2.75, 3.05) is 13.1 Å². The molecule has 0 unspecified atom stereocenters. The topological polar surface area (TPSA) is 24.4 Å². The number of aliphatic imine (C=N–C) groups is 1. The largest absolute Gasteiger partial charge is 0.372 e. The fourth-order valence-electron chi connectivity index (χ4n) is 0.900. The monoisotopic (exact) mass is 184 g/mol. The van der Waals surface area contributed by atoms with Crippen molar-refractivity contribution in [3.05, 3.63) is 0 Å². The van der Waals surface area contributed by atoms with Crippen LogP contribution in [0.5, 0.6) is 0 Å². The Kier molecular flexibility index (Phi) is 5.04. The van der Waals surface area contributed by atoms with Gasteiger partial charge in [-0.2, -0.15) is 0 Å². The van der Waals surface area contributed by atoms with Gasteiger partial charge in [-0.25, -0.2) is 0 Å². The van der Waals surface area contributed by atoms with Crippen molar-refractivity contribution in [2.24, 2.45) is 16.3 Å². The molecule has 1 rings (SSSR count). The second-order valence-corrected chi connectivity index (χ2v) is 5.14. The molecule has 0 fully saturated rings. The fraction of sp³-hybridized carbons (Fsp3) is 0.909. The van der Waals surface area contributed by atoms with Crippen molar-refractivity contribution >= 4 is 5.84 Å². The van der Waals surface area contributed by atoms with E-state index >= 15 is 0 Å². The first-order chi connectivity index (χ1) is 5.84. The third kappa shape index (κ3) is 6.62. The van der Waals surface area contributed by atoms with Gasteiger partial charge in [0.05, 0.1) is 6.54 Å². The zero-order valence-corrected chi connectivity index (χ0v) is 9.94. The summed E-state index contributed by atoms with van der Waals surface area (Å²) >= 11 is 0. The smallest absolute Gasteiger partial charge is 0.102 e. The van der Waals surface area contributed by atoms with Crippen LogP contribution in [0.1, 0.15) is 41.5 Å². The molecule has 0 saturated heterocycles. The maximum absolute atomic E-state index is 4.31. The summed E-state index contributed by atoms with van der Waals surface area (Å²) in [7, 11) is 0. The van der Waals surface area contributed by atoms with E-state index in [1.54, 1.807) is 0 Å². The molecule has 0 saturated carbocycles. The maximum Gasteiger partial charge on any atom is 0.102 e. The van der Waals surface area contributed by atoms with Gasteiger partial charge in [0.25, 0.3) is 0 Å². The minimum atomic E-state index is 0.219. The average Bonchev–Trinajstić information content (AvgIpc) is 2.31. The molecule has 0 atom stereocenters. The number of nitrogens with one attached hydrogen (secondary N) is 1. The van der Waals surface area contributed by atoms with Crippen molar-refractivity contribution in [1.29, 1.82) is 0 Å². The number of hydrogen-bond acceptors (Lipinski definition) is 2. The van der Waals surface area contributed by atoms with E-state index in [0.717, 1.165) is 24.8 Å². The Morgan fingerprint density at radius 2 is 1.69 bits per heavy atom. The van der Waals surface area contributed by atoms with Crippen LogP contribution in [0.3, 0.4) is 0 Å². The lowest BCUT2D eigenvalue weighted by Gasteiger charge is -2.18. The van der Waals surface area contributed by atoms with E-state index in [9.17, 15) is 0 Å². The molecule has 13 heavy (non-hydrogen) atoms. The Morgan fingerprint density at radius 3 is 1.85 bits per heavy atom. The molecule has 78 valence electrons. The van der Waals surface area contributed by atoms with E-state index in [1.165, 1.54) is 0 Å². The first-order valence-corrected chi connectivity index (χ1v) is 5.13. The van der Waals surface area contributed by atoms with E-state index in [2.05, 4.69) is 51.9 Å². The van der Waals surface area contributed by atoms with Crippen molar-refractivity contribution in [3.8, 4) is 0 Å². The van der Waals surface area contributed by atoms with Crippen LogP contribution in [-0.4, -0.2) is 18.9 Å². The Hall–Kier alpha value is -0.530. The predicted octanol–water partition coefficient (Wildman–Crippen LogP) is 2.70. The van der Waals surface area contributed by atoms with Crippen molar-refractivity contribution < 1.29 is 0 Å². The normalized spacial score (nSPS) is 16.1. The molecule has 0 bridgehead atoms. The molecule has 0 aliphatic carbocycles. The second kappa shape index (κ2) is 5.25. The summed E-state index contributed by atoms with van der Waals surface area (Å²) < 4.78 is 0. The molecular weight excluding hydrogens is 160 g/mol. The van der Waals surface area contributed by atoms with Gasteiger partial charge in [0, 0.05) is 12.0 Å². The molecule has 1 heterocycles. The Bertz CT molecular complexity index is 161. The van der Waals surface area contributed by atoms with Gasteiger partial charge >= 0.3 is 0 Å². The quantitative estimate of drug-likeness (QED) is 0.615. The molecule has 0 radical (unpaired) electrons. The van der Waals surface area contributed by atoms with Gasteiger partial charge in [0.15, 0.2) is 0 Å². The highest BCUT2D eigenvalue weighted by atomic mass is 15.1. The van der Waals surface area contributed by atoms with Crippen LogP contribution < -0.4 is 5.32 Å². The molecule has 0 spiro atoms. The number of amidine groups is 1. The summed E-state index contributed by atoms with van der Waals surface area (Å²) in [5.41, 5.74) is 0.219. The van der Waals surface area contributed by atoms with Gasteiger partial charge in [-0.3, -0.25) is 4.99 Å². The number of rotatable bonds is 0. The summed E-state index contributed by atoms with van der Waals surface area (Å²) in [4.78, 5) is 4.31. The lowest BCUT2D eigenvalue weighted by atomic mass is 9.95. The standard InChI is InChI=1S/C7H14N2.C4H10/c1-7(2,3)6-8-4-5-9-6;1-4(2)3/h4-5H2,1-3H3,(H,8,9);4H,1-3H3. The molecule has 1 N–H and O–H groups in total. The molecule has 1 aliphatic heterocycles. The Labute approximate surface area is 82.8 Å². The minimum absolute atomic E-state index is 0.219. The molecule has 1 aliphatic rings. The van der Waals surface area contributed by atoms with Gasteiger partial charge in [0.1, 0.15) is 5.84 Å². The highest BCUT2D eigenvalue weighted by Crippen LogP contribution is 2.15. The highest BCUT2D eigenvalue weighted by molar-refractivity contribution is 5.88. The molecular formula is C11H24N2. The third-order valence-corrected chi connectivity index (χ3v) is 1.38. The van der Waals surface area contributed by atoms with Crippen molar-refractivity contribution in [1.82, 2.24) is 5.32 Å². The second-order valence-electron chi connectivity index (χ2n) is 5.14. The predicted molar refractivity (Wildman–Crippen MR) is 60.3 cm³/mol. The summed E-state index contributed by atoms with van der Waals surface area (Å²) in [5, 5.41) is 3.25. The number of hydrogen-bond donors (Lipinski definition) is 1. The fourth-order valence-corrected chi connectivity index (χ4v) is 0.900. The summed E-state index contributed by atoms with van der Waals surface area (Å²) in [6, 6.07) is 0. The van der Waals surface area contributed by atoms with Crippen LogP contribution in [-0.2, 0) is 0 Å². The summed E-state index contributed by atoms with van der Waals surface area (Å²) in [5.74, 6) is 1.99. The van der Waals surface area contributed by atoms with Gasteiger partial charge < -0.3 is 5.32 Å². The molecule has 0 aromatic heterocycles. The molecule has 0 aromatic carbocycles. The van der Waals surface area contributed by atoms with Gasteiger partial charge in [-0.05, 0) is 5.92 Å². The lowest BCUT2D eigenvalue weighted by Crippen LogP contribution is -2.31. The first-order valence-electron chi connectivity index (χ1n) is 5.13. The zero-order chi connectivity index (χ0) is 10.5. The lowest BCUT2D eigenvalue weighted by molar-refractivity contribution is 0.575. The molecule has 0 amide bonds. The van der Waals surface area contributed by atoms with E-state index in [-0.39, 0.29) is 5.41 Å². The zero-order valence-electron chi connectivity index (χ0n) is 9.94. The SMILES string of the molecule is CC(C)(C)C1=NCCN1.CC(C)C. The van der Waals surface area contributed by atoms with Gasteiger partial charge in [0.2, 0.25) is 0 Å². The summed E-state index contributed by atoms with van der Waals surface area (Å²) in [6.07, 6.45) is 0. The van der Waals surface area contributed by atoms with Crippen LogP contribution in [0.2, 0.25) is 0 Å². The molecule has 2 heteroatoms. The van der Waals surface area contributed by atoms with E-state index in [4.69, 9.17) is 0 Å². The van der Waals surface area contributed by atoms with Crippen LogP contribution in [0.25, 0.3) is 0 Å². The van der Waals surface area contributed by atoms with E-state index in [0.29, 0.717) is 0 Å². The van der Waals surface area contributed by atoms with Crippen molar-refractivity contribution in [2.45, 2.75) is 41.5 Å². The first kappa shape index (κ1) is 12.5. The Balaban J connectivity index is 0.000000310. The molecule has 0 aromatic rings. The maximum atomic E-state index is 4.31. The third-order valence-electron chi connectivity index (χ3n) is 1.38. The number of nitrogens with zero attached hydrogens (tertiary/aromatic N) is 1. The van der Waals surface area contributed by atoms with E-state index in [1.807, 2.05) is 0 Å². The highest BCUT2D eigenvalue weighted by Gasteiger charge is 2.20. The van der Waals surface area contributed by atoms with Crippen LogP contribution in [0.4, 0.5) is 0 Å². The van der Waals surface area contributed by atoms with Gasteiger partial charge in [-0.1, -0.05) is 41.5 Å². The Morgan fingerprint density at radius 1 is 1.23 bits per heavy atom.